The van der Waals surface area contributed by atoms with E-state index in [-0.39, 0.29) is 11.8 Å². The summed E-state index contributed by atoms with van der Waals surface area (Å²) in [6, 6.07) is 14.1. The first kappa shape index (κ1) is 19.5. The Morgan fingerprint density at radius 2 is 1.64 bits per heavy atom. The Labute approximate surface area is 160 Å². The molecular formula is C20H19F3N4O. The van der Waals surface area contributed by atoms with Gasteiger partial charge in [0.15, 0.2) is 0 Å². The maximum atomic E-state index is 13.4. The number of benzene rings is 2. The predicted octanol–water partition coefficient (Wildman–Crippen LogP) is 5.32. The number of aromatic nitrogens is 2. The van der Waals surface area contributed by atoms with Gasteiger partial charge in [-0.25, -0.2) is 4.98 Å². The molecule has 0 amide bonds. The van der Waals surface area contributed by atoms with E-state index in [4.69, 9.17) is 4.74 Å². The predicted molar refractivity (Wildman–Crippen MR) is 103 cm³/mol. The number of nitrogens with one attached hydrogen (secondary N) is 1. The lowest BCUT2D eigenvalue weighted by Crippen LogP contribution is -2.17. The number of hydrogen-bond acceptors (Lipinski definition) is 5. The van der Waals surface area contributed by atoms with Gasteiger partial charge in [0.05, 0.1) is 7.11 Å². The van der Waals surface area contributed by atoms with E-state index in [1.807, 2.05) is 31.2 Å². The molecule has 28 heavy (non-hydrogen) atoms. The van der Waals surface area contributed by atoms with Crippen molar-refractivity contribution in [3.05, 3.63) is 65.9 Å². The largest absolute Gasteiger partial charge is 0.497 e. The third-order valence-electron chi connectivity index (χ3n) is 4.16. The fourth-order valence-corrected chi connectivity index (χ4v) is 2.53. The van der Waals surface area contributed by atoms with Gasteiger partial charge < -0.3 is 15.0 Å². The Morgan fingerprint density at radius 3 is 2.21 bits per heavy atom. The van der Waals surface area contributed by atoms with Crippen LogP contribution in [0.15, 0.2) is 54.7 Å². The van der Waals surface area contributed by atoms with Crippen LogP contribution in [-0.2, 0) is 6.18 Å². The van der Waals surface area contributed by atoms with Gasteiger partial charge in [-0.2, -0.15) is 18.2 Å². The summed E-state index contributed by atoms with van der Waals surface area (Å²) < 4.78 is 45.3. The molecule has 0 saturated carbocycles. The first-order valence-corrected chi connectivity index (χ1v) is 8.43. The van der Waals surface area contributed by atoms with Crippen molar-refractivity contribution < 1.29 is 17.9 Å². The highest BCUT2D eigenvalue weighted by molar-refractivity contribution is 5.64. The molecule has 0 spiro atoms. The average Bonchev–Trinajstić information content (AvgIpc) is 2.68. The summed E-state index contributed by atoms with van der Waals surface area (Å²) in [5.74, 6) is 0.429. The van der Waals surface area contributed by atoms with Gasteiger partial charge >= 0.3 is 6.18 Å². The van der Waals surface area contributed by atoms with Gasteiger partial charge in [0.25, 0.3) is 0 Å². The molecule has 5 nitrogen and oxygen atoms in total. The molecule has 0 radical (unpaired) electrons. The highest BCUT2D eigenvalue weighted by Gasteiger charge is 2.35. The van der Waals surface area contributed by atoms with Gasteiger partial charge in [0, 0.05) is 24.6 Å². The minimum Gasteiger partial charge on any atom is -0.497 e. The molecule has 8 heteroatoms. The van der Waals surface area contributed by atoms with Crippen LogP contribution in [0.25, 0.3) is 0 Å². The third-order valence-corrected chi connectivity index (χ3v) is 4.16. The van der Waals surface area contributed by atoms with Crippen molar-refractivity contribution in [2.24, 2.45) is 0 Å². The zero-order valence-electron chi connectivity index (χ0n) is 15.6. The van der Waals surface area contributed by atoms with Gasteiger partial charge in [-0.15, -0.1) is 0 Å². The van der Waals surface area contributed by atoms with E-state index >= 15 is 0 Å². The number of anilines is 4. The average molecular weight is 388 g/mol. The van der Waals surface area contributed by atoms with Gasteiger partial charge in [0.2, 0.25) is 5.95 Å². The molecule has 0 bridgehead atoms. The summed E-state index contributed by atoms with van der Waals surface area (Å²) in [4.78, 5) is 9.66. The molecule has 0 atom stereocenters. The lowest BCUT2D eigenvalue weighted by atomic mass is 10.2. The number of nitrogens with zero attached hydrogens (tertiary/aromatic N) is 3. The molecule has 1 aromatic heterocycles. The fourth-order valence-electron chi connectivity index (χ4n) is 2.53. The smallest absolute Gasteiger partial charge is 0.421 e. The zero-order chi connectivity index (χ0) is 20.3. The Bertz CT molecular complexity index is 941. The van der Waals surface area contributed by atoms with Crippen molar-refractivity contribution in [3.8, 4) is 5.75 Å². The number of methoxy groups -OCH3 is 1. The SMILES string of the molecule is COc1ccc(Nc2nc(N(C)c3ccc(C)cc3)ncc2C(F)(F)F)cc1. The fraction of sp³-hybridized carbons (Fsp3) is 0.200. The van der Waals surface area contributed by atoms with Crippen molar-refractivity contribution in [3.63, 3.8) is 0 Å². The third kappa shape index (κ3) is 4.33. The Balaban J connectivity index is 1.97. The molecule has 1 heterocycles. The topological polar surface area (TPSA) is 50.3 Å². The van der Waals surface area contributed by atoms with E-state index in [0.717, 1.165) is 17.4 Å². The number of rotatable bonds is 5. The van der Waals surface area contributed by atoms with E-state index in [9.17, 15) is 13.2 Å². The number of halogens is 3. The number of aryl methyl sites for hydroxylation is 1. The van der Waals surface area contributed by atoms with Gasteiger partial charge in [0.1, 0.15) is 17.1 Å². The second-order valence-electron chi connectivity index (χ2n) is 6.18. The minimum absolute atomic E-state index is 0.146. The van der Waals surface area contributed by atoms with Crippen LogP contribution >= 0.6 is 0 Å². The maximum absolute atomic E-state index is 13.4. The lowest BCUT2D eigenvalue weighted by Gasteiger charge is -2.20. The van der Waals surface area contributed by atoms with Crippen LogP contribution in [-0.4, -0.2) is 24.1 Å². The van der Waals surface area contributed by atoms with Crippen LogP contribution in [0.3, 0.4) is 0 Å². The standard InChI is InChI=1S/C20H19F3N4O/c1-13-4-8-15(9-5-13)27(2)19-24-12-17(20(21,22)23)18(26-19)25-14-6-10-16(28-3)11-7-14/h4-12H,1-3H3,(H,24,25,26). The lowest BCUT2D eigenvalue weighted by molar-refractivity contribution is -0.137. The highest BCUT2D eigenvalue weighted by atomic mass is 19.4. The summed E-state index contributed by atoms with van der Waals surface area (Å²) in [5.41, 5.74) is 1.35. The minimum atomic E-state index is -4.59. The van der Waals surface area contributed by atoms with Crippen LogP contribution in [0.4, 0.5) is 36.3 Å². The molecule has 0 aliphatic rings. The number of alkyl halides is 3. The maximum Gasteiger partial charge on any atom is 0.421 e. The van der Waals surface area contributed by atoms with Crippen molar-refractivity contribution >= 4 is 23.1 Å². The van der Waals surface area contributed by atoms with Crippen LogP contribution in [0, 0.1) is 6.92 Å². The summed E-state index contributed by atoms with van der Waals surface area (Å²) in [6.07, 6.45) is -3.80. The number of ether oxygens (including phenoxy) is 1. The number of hydrogen-bond donors (Lipinski definition) is 1. The molecular weight excluding hydrogens is 369 g/mol. The van der Waals surface area contributed by atoms with Crippen LogP contribution < -0.4 is 15.0 Å². The van der Waals surface area contributed by atoms with E-state index < -0.39 is 11.7 Å². The second kappa shape index (κ2) is 7.75. The van der Waals surface area contributed by atoms with Crippen LogP contribution in [0.5, 0.6) is 5.75 Å². The van der Waals surface area contributed by atoms with Crippen molar-refractivity contribution in [1.29, 1.82) is 0 Å². The normalized spacial score (nSPS) is 11.2. The van der Waals surface area contributed by atoms with Crippen molar-refractivity contribution in [2.45, 2.75) is 13.1 Å². The summed E-state index contributed by atoms with van der Waals surface area (Å²) in [6.45, 7) is 1.95. The molecule has 0 saturated heterocycles. The molecule has 1 N–H and O–H groups in total. The Hall–Kier alpha value is -3.29. The molecule has 146 valence electrons. The molecule has 2 aromatic carbocycles. The van der Waals surface area contributed by atoms with Crippen molar-refractivity contribution in [2.75, 3.05) is 24.4 Å². The molecule has 0 aliphatic heterocycles. The molecule has 0 fully saturated rings. The van der Waals surface area contributed by atoms with Gasteiger partial charge in [-0.05, 0) is 43.3 Å². The van der Waals surface area contributed by atoms with Gasteiger partial charge in [-0.3, -0.25) is 0 Å². The van der Waals surface area contributed by atoms with Crippen LogP contribution in [0.1, 0.15) is 11.1 Å². The van der Waals surface area contributed by atoms with E-state index in [1.54, 1.807) is 36.2 Å². The second-order valence-corrected chi connectivity index (χ2v) is 6.18. The zero-order valence-corrected chi connectivity index (χ0v) is 15.6. The van der Waals surface area contributed by atoms with E-state index in [1.165, 1.54) is 7.11 Å². The summed E-state index contributed by atoms with van der Waals surface area (Å²) in [5, 5.41) is 2.73. The van der Waals surface area contributed by atoms with E-state index in [0.29, 0.717) is 11.4 Å². The monoisotopic (exact) mass is 388 g/mol. The van der Waals surface area contributed by atoms with Crippen LogP contribution in [0.2, 0.25) is 0 Å². The first-order valence-electron chi connectivity index (χ1n) is 8.43. The highest BCUT2D eigenvalue weighted by Crippen LogP contribution is 2.36. The van der Waals surface area contributed by atoms with Gasteiger partial charge in [-0.1, -0.05) is 17.7 Å². The Kier molecular flexibility index (Phi) is 5.39. The Morgan fingerprint density at radius 1 is 1.00 bits per heavy atom. The first-order chi connectivity index (χ1) is 13.3. The molecule has 0 unspecified atom stereocenters. The molecule has 3 rings (SSSR count). The quantitative estimate of drug-likeness (QED) is 0.641. The van der Waals surface area contributed by atoms with Crippen molar-refractivity contribution in [1.82, 2.24) is 9.97 Å². The molecule has 3 aromatic rings. The summed E-state index contributed by atoms with van der Waals surface area (Å²) >= 11 is 0. The summed E-state index contributed by atoms with van der Waals surface area (Å²) in [7, 11) is 3.21. The van der Waals surface area contributed by atoms with E-state index in [2.05, 4.69) is 15.3 Å². The molecule has 0 aliphatic carbocycles.